The van der Waals surface area contributed by atoms with Crippen LogP contribution in [0.1, 0.15) is 43.0 Å². The minimum absolute atomic E-state index is 0.247. The third kappa shape index (κ3) is 4.85. The SMILES string of the molecule is O=C(O)N1CCC(C2CCNCC2)C[C@@H]1c1cc(OCc2ccccc2)ncn1. The number of ether oxygens (including phenoxy) is 1. The van der Waals surface area contributed by atoms with Crippen LogP contribution in [-0.2, 0) is 6.61 Å². The van der Waals surface area contributed by atoms with Crippen LogP contribution in [0.2, 0.25) is 0 Å². The van der Waals surface area contributed by atoms with Crippen molar-refractivity contribution in [1.82, 2.24) is 20.2 Å². The second-order valence-electron chi connectivity index (χ2n) is 7.92. The molecule has 2 aliphatic heterocycles. The van der Waals surface area contributed by atoms with Crippen molar-refractivity contribution >= 4 is 6.09 Å². The van der Waals surface area contributed by atoms with Gasteiger partial charge in [0, 0.05) is 12.6 Å². The van der Waals surface area contributed by atoms with Gasteiger partial charge in [-0.2, -0.15) is 0 Å². The van der Waals surface area contributed by atoms with Crippen LogP contribution in [0.5, 0.6) is 5.88 Å². The number of carboxylic acid groups (broad SMARTS) is 1. The Bertz CT molecular complexity index is 811. The maximum Gasteiger partial charge on any atom is 0.407 e. The van der Waals surface area contributed by atoms with E-state index in [9.17, 15) is 9.90 Å². The highest BCUT2D eigenvalue weighted by molar-refractivity contribution is 5.65. The molecule has 0 spiro atoms. The van der Waals surface area contributed by atoms with Gasteiger partial charge in [0.15, 0.2) is 0 Å². The lowest BCUT2D eigenvalue weighted by Crippen LogP contribution is -2.43. The van der Waals surface area contributed by atoms with Crippen molar-refractivity contribution < 1.29 is 14.6 Å². The van der Waals surface area contributed by atoms with Gasteiger partial charge in [-0.15, -0.1) is 0 Å². The van der Waals surface area contributed by atoms with Gasteiger partial charge in [0.05, 0.1) is 11.7 Å². The van der Waals surface area contributed by atoms with Crippen LogP contribution in [-0.4, -0.2) is 45.7 Å². The van der Waals surface area contributed by atoms with Gasteiger partial charge in [-0.05, 0) is 56.2 Å². The average molecular weight is 396 g/mol. The molecule has 3 heterocycles. The highest BCUT2D eigenvalue weighted by atomic mass is 16.5. The number of carbonyl (C=O) groups is 1. The van der Waals surface area contributed by atoms with Crippen LogP contribution in [0, 0.1) is 11.8 Å². The maximum absolute atomic E-state index is 11.9. The molecule has 7 heteroatoms. The fourth-order valence-corrected chi connectivity index (χ4v) is 4.59. The van der Waals surface area contributed by atoms with Crippen molar-refractivity contribution in [2.75, 3.05) is 19.6 Å². The molecular formula is C22H28N4O3. The third-order valence-electron chi connectivity index (χ3n) is 6.17. The monoisotopic (exact) mass is 396 g/mol. The molecule has 2 fully saturated rings. The molecule has 1 unspecified atom stereocenters. The molecule has 2 atom stereocenters. The van der Waals surface area contributed by atoms with Gasteiger partial charge in [0.1, 0.15) is 12.9 Å². The minimum Gasteiger partial charge on any atom is -0.473 e. The van der Waals surface area contributed by atoms with Crippen molar-refractivity contribution in [1.29, 1.82) is 0 Å². The number of rotatable bonds is 5. The Hall–Kier alpha value is -2.67. The van der Waals surface area contributed by atoms with Gasteiger partial charge in [-0.25, -0.2) is 14.8 Å². The molecule has 2 aliphatic rings. The van der Waals surface area contributed by atoms with Crippen molar-refractivity contribution in [2.24, 2.45) is 11.8 Å². The Kier molecular flexibility index (Phi) is 6.24. The van der Waals surface area contributed by atoms with Gasteiger partial charge in [0.2, 0.25) is 5.88 Å². The lowest BCUT2D eigenvalue weighted by atomic mass is 9.76. The Labute approximate surface area is 171 Å². The van der Waals surface area contributed by atoms with E-state index in [-0.39, 0.29) is 6.04 Å². The van der Waals surface area contributed by atoms with Crippen LogP contribution in [0.25, 0.3) is 0 Å². The number of hydrogen-bond donors (Lipinski definition) is 2. The minimum atomic E-state index is -0.885. The summed E-state index contributed by atoms with van der Waals surface area (Å²) in [7, 11) is 0. The van der Waals surface area contributed by atoms with E-state index in [2.05, 4.69) is 15.3 Å². The number of hydrogen-bond acceptors (Lipinski definition) is 5. The smallest absolute Gasteiger partial charge is 0.407 e. The van der Waals surface area contributed by atoms with E-state index < -0.39 is 6.09 Å². The first-order valence-electron chi connectivity index (χ1n) is 10.4. The zero-order chi connectivity index (χ0) is 20.1. The predicted octanol–water partition coefficient (Wildman–Crippen LogP) is 3.49. The summed E-state index contributed by atoms with van der Waals surface area (Å²) in [5, 5.41) is 13.1. The summed E-state index contributed by atoms with van der Waals surface area (Å²) in [4.78, 5) is 22.0. The van der Waals surface area contributed by atoms with Gasteiger partial charge in [-0.3, -0.25) is 4.90 Å². The number of aromatic nitrogens is 2. The maximum atomic E-state index is 11.9. The molecule has 2 saturated heterocycles. The standard InChI is InChI=1S/C22H28N4O3/c27-22(28)26-11-8-18(17-6-9-23-10-7-17)12-20(26)19-13-21(25-15-24-19)29-14-16-4-2-1-3-5-16/h1-5,13,15,17-18,20,23H,6-12,14H2,(H,27,28)/t18?,20-/m1/s1. The van der Waals surface area contributed by atoms with Gasteiger partial charge in [0.25, 0.3) is 0 Å². The topological polar surface area (TPSA) is 87.6 Å². The molecule has 0 radical (unpaired) electrons. The molecule has 154 valence electrons. The molecule has 1 aromatic heterocycles. The third-order valence-corrected chi connectivity index (χ3v) is 6.17. The number of nitrogens with zero attached hydrogens (tertiary/aromatic N) is 3. The molecule has 7 nitrogen and oxygen atoms in total. The highest BCUT2D eigenvalue weighted by Crippen LogP contribution is 2.39. The zero-order valence-electron chi connectivity index (χ0n) is 16.5. The van der Waals surface area contributed by atoms with E-state index in [1.807, 2.05) is 30.3 Å². The average Bonchev–Trinajstić information content (AvgIpc) is 2.79. The van der Waals surface area contributed by atoms with E-state index in [0.29, 0.717) is 30.9 Å². The number of amides is 1. The molecule has 1 aromatic carbocycles. The van der Waals surface area contributed by atoms with Crippen LogP contribution >= 0.6 is 0 Å². The summed E-state index contributed by atoms with van der Waals surface area (Å²) < 4.78 is 5.84. The Morgan fingerprint density at radius 2 is 1.93 bits per heavy atom. The summed E-state index contributed by atoms with van der Waals surface area (Å²) in [6.07, 6.45) is 4.66. The van der Waals surface area contributed by atoms with Crippen LogP contribution in [0.15, 0.2) is 42.7 Å². The van der Waals surface area contributed by atoms with Crippen molar-refractivity contribution in [3.05, 3.63) is 54.0 Å². The van der Waals surface area contributed by atoms with Gasteiger partial charge < -0.3 is 15.2 Å². The number of benzene rings is 1. The molecule has 0 aliphatic carbocycles. The first-order chi connectivity index (χ1) is 14.2. The van der Waals surface area contributed by atoms with E-state index in [1.54, 1.807) is 6.07 Å². The predicted molar refractivity (Wildman–Crippen MR) is 109 cm³/mol. The first kappa shape index (κ1) is 19.6. The van der Waals surface area contributed by atoms with Crippen LogP contribution in [0.4, 0.5) is 4.79 Å². The lowest BCUT2D eigenvalue weighted by Gasteiger charge is -2.41. The largest absolute Gasteiger partial charge is 0.473 e. The summed E-state index contributed by atoms with van der Waals surface area (Å²) in [6.45, 7) is 3.08. The number of piperidine rings is 2. The fraction of sp³-hybridized carbons (Fsp3) is 0.500. The molecule has 2 aromatic rings. The zero-order valence-corrected chi connectivity index (χ0v) is 16.5. The molecule has 4 rings (SSSR count). The number of nitrogens with one attached hydrogen (secondary N) is 1. The molecule has 0 bridgehead atoms. The Morgan fingerprint density at radius 3 is 2.69 bits per heavy atom. The van der Waals surface area contributed by atoms with Crippen molar-refractivity contribution in [3.63, 3.8) is 0 Å². The highest BCUT2D eigenvalue weighted by Gasteiger charge is 2.37. The molecule has 1 amide bonds. The summed E-state index contributed by atoms with van der Waals surface area (Å²) in [5.74, 6) is 1.67. The summed E-state index contributed by atoms with van der Waals surface area (Å²) in [6, 6.07) is 11.5. The second-order valence-corrected chi connectivity index (χ2v) is 7.92. The Morgan fingerprint density at radius 1 is 1.14 bits per heavy atom. The fourth-order valence-electron chi connectivity index (χ4n) is 4.59. The van der Waals surface area contributed by atoms with E-state index >= 15 is 0 Å². The molecule has 2 N–H and O–H groups in total. The van der Waals surface area contributed by atoms with E-state index in [1.165, 1.54) is 24.1 Å². The van der Waals surface area contributed by atoms with E-state index in [0.717, 1.165) is 37.2 Å². The number of likely N-dealkylation sites (tertiary alicyclic amines) is 1. The first-order valence-corrected chi connectivity index (χ1v) is 10.4. The Balaban J connectivity index is 1.49. The van der Waals surface area contributed by atoms with Crippen molar-refractivity contribution in [3.8, 4) is 5.88 Å². The van der Waals surface area contributed by atoms with Gasteiger partial charge >= 0.3 is 6.09 Å². The summed E-state index contributed by atoms with van der Waals surface area (Å²) >= 11 is 0. The molecule has 29 heavy (non-hydrogen) atoms. The normalized spacial score (nSPS) is 23.0. The molecule has 0 saturated carbocycles. The molecular weight excluding hydrogens is 368 g/mol. The van der Waals surface area contributed by atoms with E-state index in [4.69, 9.17) is 4.74 Å². The summed E-state index contributed by atoms with van der Waals surface area (Å²) in [5.41, 5.74) is 1.78. The van der Waals surface area contributed by atoms with Crippen LogP contribution in [0.3, 0.4) is 0 Å². The van der Waals surface area contributed by atoms with Crippen LogP contribution < -0.4 is 10.1 Å². The quantitative estimate of drug-likeness (QED) is 0.804. The van der Waals surface area contributed by atoms with Gasteiger partial charge in [-0.1, -0.05) is 30.3 Å². The van der Waals surface area contributed by atoms with Crippen molar-refractivity contribution in [2.45, 2.75) is 38.3 Å². The lowest BCUT2D eigenvalue weighted by molar-refractivity contribution is 0.0669. The second kappa shape index (κ2) is 9.22.